The van der Waals surface area contributed by atoms with Gasteiger partial charge >= 0.3 is 6.18 Å². The quantitative estimate of drug-likeness (QED) is 0.641. The molecule has 0 atom stereocenters. The van der Waals surface area contributed by atoms with Gasteiger partial charge in [-0.2, -0.15) is 13.2 Å². The van der Waals surface area contributed by atoms with Crippen LogP contribution in [0.2, 0.25) is 0 Å². The summed E-state index contributed by atoms with van der Waals surface area (Å²) < 4.78 is 40.6. The molecule has 0 amide bonds. The molecule has 0 saturated carbocycles. The number of halogens is 3. The number of nitrogens with one attached hydrogen (secondary N) is 2. The highest BCUT2D eigenvalue weighted by molar-refractivity contribution is 7.99. The zero-order chi connectivity index (χ0) is 20.6. The van der Waals surface area contributed by atoms with Crippen molar-refractivity contribution in [3.63, 3.8) is 0 Å². The minimum absolute atomic E-state index is 0.0407. The van der Waals surface area contributed by atoms with E-state index >= 15 is 0 Å². The van der Waals surface area contributed by atoms with Gasteiger partial charge in [-0.05, 0) is 37.8 Å². The Labute approximate surface area is 164 Å². The Kier molecular flexibility index (Phi) is 5.33. The van der Waals surface area contributed by atoms with Crippen molar-refractivity contribution in [3.8, 4) is 17.3 Å². The van der Waals surface area contributed by atoms with Crippen molar-refractivity contribution in [1.29, 1.82) is 0 Å². The van der Waals surface area contributed by atoms with Crippen LogP contribution in [0, 0.1) is 0 Å². The van der Waals surface area contributed by atoms with Gasteiger partial charge in [0.05, 0.1) is 0 Å². The van der Waals surface area contributed by atoms with Gasteiger partial charge in [-0.15, -0.1) is 11.8 Å². The number of alkyl halides is 3. The van der Waals surface area contributed by atoms with Crippen LogP contribution in [0.1, 0.15) is 32.2 Å². The standard InChI is InChI=1S/C18H20F3N5OS/c1-5-28-13-8-12(27)10(6-9(2)3)22-15(13)17-23-11-7-14(18(19,20)21)24-25-16(11)26(17)4/h6-8,24-25,27H,5H2,1-4H3. The molecule has 1 aliphatic heterocycles. The van der Waals surface area contributed by atoms with Gasteiger partial charge in [0.2, 0.25) is 0 Å². The second-order valence-corrected chi connectivity index (χ2v) is 7.73. The van der Waals surface area contributed by atoms with Gasteiger partial charge in [-0.25, -0.2) is 9.97 Å². The molecule has 10 heteroatoms. The number of pyridine rings is 1. The van der Waals surface area contributed by atoms with Crippen LogP contribution in [0.15, 0.2) is 22.2 Å². The summed E-state index contributed by atoms with van der Waals surface area (Å²) in [5, 5.41) is 10.3. The Morgan fingerprint density at radius 1 is 1.29 bits per heavy atom. The Hall–Kier alpha value is -2.62. The fraction of sp³-hybridized carbons (Fsp3) is 0.333. The van der Waals surface area contributed by atoms with E-state index in [9.17, 15) is 18.3 Å². The molecule has 3 rings (SSSR count). The molecule has 0 aliphatic carbocycles. The topological polar surface area (TPSA) is 75.0 Å². The Morgan fingerprint density at radius 3 is 2.61 bits per heavy atom. The molecule has 0 unspecified atom stereocenters. The lowest BCUT2D eigenvalue weighted by atomic mass is 10.2. The van der Waals surface area contributed by atoms with Crippen LogP contribution >= 0.6 is 11.8 Å². The molecule has 2 aromatic heterocycles. The molecular formula is C18H20F3N5OS. The number of aromatic nitrogens is 3. The number of anilines is 1. The minimum atomic E-state index is -4.51. The monoisotopic (exact) mass is 411 g/mol. The zero-order valence-corrected chi connectivity index (χ0v) is 16.6. The maximum absolute atomic E-state index is 13.0. The number of rotatable bonds is 4. The predicted octanol–water partition coefficient (Wildman–Crippen LogP) is 4.56. The van der Waals surface area contributed by atoms with Crippen molar-refractivity contribution < 1.29 is 18.3 Å². The van der Waals surface area contributed by atoms with E-state index in [1.54, 1.807) is 23.8 Å². The highest BCUT2D eigenvalue weighted by Gasteiger charge is 2.37. The zero-order valence-electron chi connectivity index (χ0n) is 15.8. The highest BCUT2D eigenvalue weighted by Crippen LogP contribution is 2.37. The van der Waals surface area contributed by atoms with Gasteiger partial charge in [0.25, 0.3) is 0 Å². The molecule has 1 aliphatic rings. The van der Waals surface area contributed by atoms with Gasteiger partial charge in [0, 0.05) is 11.9 Å². The van der Waals surface area contributed by atoms with E-state index in [0.717, 1.165) is 17.4 Å². The molecule has 28 heavy (non-hydrogen) atoms. The lowest BCUT2D eigenvalue weighted by molar-refractivity contribution is -0.0951. The average molecular weight is 411 g/mol. The van der Waals surface area contributed by atoms with Crippen molar-refractivity contribution >= 4 is 29.7 Å². The largest absolute Gasteiger partial charge is 0.506 e. The lowest BCUT2D eigenvalue weighted by Crippen LogP contribution is -2.33. The molecule has 2 aromatic rings. The molecule has 0 bridgehead atoms. The summed E-state index contributed by atoms with van der Waals surface area (Å²) >= 11 is 1.47. The number of thioether (sulfide) groups is 1. The molecule has 0 radical (unpaired) electrons. The molecular weight excluding hydrogens is 391 g/mol. The number of fused-ring (bicyclic) bond motifs is 1. The summed E-state index contributed by atoms with van der Waals surface area (Å²) in [6.45, 7) is 5.73. The normalized spacial score (nSPS) is 13.3. The van der Waals surface area contributed by atoms with Crippen LogP contribution in [-0.2, 0) is 7.05 Å². The fourth-order valence-electron chi connectivity index (χ4n) is 2.74. The van der Waals surface area contributed by atoms with Crippen LogP contribution in [0.5, 0.6) is 5.75 Å². The van der Waals surface area contributed by atoms with E-state index in [0.29, 0.717) is 27.9 Å². The summed E-state index contributed by atoms with van der Waals surface area (Å²) in [7, 11) is 1.69. The van der Waals surface area contributed by atoms with E-state index in [1.807, 2.05) is 20.8 Å². The molecule has 6 nitrogen and oxygen atoms in total. The van der Waals surface area contributed by atoms with Crippen LogP contribution in [0.25, 0.3) is 23.7 Å². The van der Waals surface area contributed by atoms with E-state index in [2.05, 4.69) is 20.8 Å². The number of nitrogens with zero attached hydrogens (tertiary/aromatic N) is 3. The fourth-order valence-corrected chi connectivity index (χ4v) is 3.52. The number of hydrogen-bond acceptors (Lipinski definition) is 6. The van der Waals surface area contributed by atoms with E-state index in [-0.39, 0.29) is 11.4 Å². The number of allylic oxidation sites excluding steroid dienone is 2. The third kappa shape index (κ3) is 3.82. The molecule has 0 spiro atoms. The molecule has 150 valence electrons. The first-order valence-corrected chi connectivity index (χ1v) is 9.50. The third-order valence-electron chi connectivity index (χ3n) is 3.96. The first-order chi connectivity index (χ1) is 13.1. The first-order valence-electron chi connectivity index (χ1n) is 8.51. The molecule has 0 fully saturated rings. The number of hydrogen-bond donors (Lipinski definition) is 3. The van der Waals surface area contributed by atoms with Crippen LogP contribution in [-0.4, -0.2) is 31.6 Å². The summed E-state index contributed by atoms with van der Waals surface area (Å²) in [6.07, 6.45) is -1.82. The summed E-state index contributed by atoms with van der Waals surface area (Å²) in [4.78, 5) is 9.63. The summed E-state index contributed by atoms with van der Waals surface area (Å²) in [5.74, 6) is 1.57. The number of hydrazine groups is 1. The van der Waals surface area contributed by atoms with Crippen LogP contribution in [0.4, 0.5) is 19.0 Å². The maximum Gasteiger partial charge on any atom is 0.432 e. The minimum Gasteiger partial charge on any atom is -0.506 e. The Balaban J connectivity index is 2.18. The molecule has 0 aromatic carbocycles. The number of aromatic hydroxyl groups is 1. The Morgan fingerprint density at radius 2 is 2.00 bits per heavy atom. The van der Waals surface area contributed by atoms with Crippen molar-refractivity contribution in [3.05, 3.63) is 28.7 Å². The van der Waals surface area contributed by atoms with E-state index in [4.69, 9.17) is 0 Å². The highest BCUT2D eigenvalue weighted by atomic mass is 32.2. The lowest BCUT2D eigenvalue weighted by Gasteiger charge is -2.20. The molecule has 0 saturated heterocycles. The SMILES string of the molecule is CCSc1cc(O)c(C=C(C)C)nc1-c1nc2c(n1C)NNC(C(F)(F)F)=C2. The van der Waals surface area contributed by atoms with E-state index in [1.165, 1.54) is 11.8 Å². The maximum atomic E-state index is 13.0. The summed E-state index contributed by atoms with van der Waals surface area (Å²) in [5.41, 5.74) is 5.79. The van der Waals surface area contributed by atoms with Crippen molar-refractivity contribution in [2.45, 2.75) is 31.8 Å². The smallest absolute Gasteiger partial charge is 0.432 e. The number of imidazole rings is 1. The van der Waals surface area contributed by atoms with Crippen molar-refractivity contribution in [2.24, 2.45) is 7.05 Å². The first kappa shape index (κ1) is 20.1. The summed E-state index contributed by atoms with van der Waals surface area (Å²) in [6, 6.07) is 1.61. The van der Waals surface area contributed by atoms with Crippen molar-refractivity contribution in [2.75, 3.05) is 11.2 Å². The predicted molar refractivity (Wildman–Crippen MR) is 105 cm³/mol. The van der Waals surface area contributed by atoms with Gasteiger partial charge < -0.3 is 9.67 Å². The molecule has 3 N–H and O–H groups in total. The second-order valence-electron chi connectivity index (χ2n) is 6.43. The van der Waals surface area contributed by atoms with Crippen molar-refractivity contribution in [1.82, 2.24) is 20.0 Å². The van der Waals surface area contributed by atoms with E-state index < -0.39 is 11.9 Å². The van der Waals surface area contributed by atoms with Crippen LogP contribution in [0.3, 0.4) is 0 Å². The third-order valence-corrected chi connectivity index (χ3v) is 4.87. The second kappa shape index (κ2) is 7.42. The average Bonchev–Trinajstić information content (AvgIpc) is 2.92. The Bertz CT molecular complexity index is 975. The van der Waals surface area contributed by atoms with Gasteiger partial charge in [0.15, 0.2) is 11.6 Å². The van der Waals surface area contributed by atoms with Gasteiger partial charge in [-0.1, -0.05) is 12.5 Å². The van der Waals surface area contributed by atoms with Gasteiger partial charge in [0.1, 0.15) is 28.5 Å². The van der Waals surface area contributed by atoms with Gasteiger partial charge in [-0.3, -0.25) is 10.9 Å². The molecule has 3 heterocycles. The van der Waals surface area contributed by atoms with Crippen LogP contribution < -0.4 is 10.9 Å².